The van der Waals surface area contributed by atoms with Crippen LogP contribution in [-0.2, 0) is 14.6 Å². The van der Waals surface area contributed by atoms with Crippen LogP contribution in [0.25, 0.3) is 0 Å². The second kappa shape index (κ2) is 9.00. The van der Waals surface area contributed by atoms with E-state index < -0.39 is 9.84 Å². The number of rotatable bonds is 10. The van der Waals surface area contributed by atoms with Gasteiger partial charge in [0.25, 0.3) is 0 Å². The van der Waals surface area contributed by atoms with Gasteiger partial charge in [0, 0.05) is 19.3 Å². The molecule has 20 heavy (non-hydrogen) atoms. The van der Waals surface area contributed by atoms with Crippen molar-refractivity contribution in [2.45, 2.75) is 52.5 Å². The van der Waals surface area contributed by atoms with Crippen molar-refractivity contribution in [1.82, 2.24) is 5.32 Å². The average Bonchev–Trinajstić information content (AvgIpc) is 2.73. The molecule has 1 heterocycles. The number of sulfone groups is 1. The monoisotopic (exact) mass is 305 g/mol. The van der Waals surface area contributed by atoms with Crippen molar-refractivity contribution in [2.24, 2.45) is 11.8 Å². The average molecular weight is 305 g/mol. The van der Waals surface area contributed by atoms with Crippen molar-refractivity contribution in [3.05, 3.63) is 0 Å². The second-order valence-electron chi connectivity index (χ2n) is 6.24. The molecule has 0 aromatic heterocycles. The van der Waals surface area contributed by atoms with E-state index in [4.69, 9.17) is 4.74 Å². The molecule has 0 aromatic carbocycles. The van der Waals surface area contributed by atoms with E-state index in [0.29, 0.717) is 29.4 Å². The molecule has 1 saturated heterocycles. The van der Waals surface area contributed by atoms with Crippen molar-refractivity contribution in [1.29, 1.82) is 0 Å². The summed E-state index contributed by atoms with van der Waals surface area (Å²) in [7, 11) is -2.79. The number of ether oxygens (including phenoxy) is 1. The van der Waals surface area contributed by atoms with E-state index in [1.54, 1.807) is 0 Å². The largest absolute Gasteiger partial charge is 0.381 e. The van der Waals surface area contributed by atoms with Crippen LogP contribution in [0.4, 0.5) is 0 Å². The summed E-state index contributed by atoms with van der Waals surface area (Å²) < 4.78 is 28.9. The molecule has 0 bridgehead atoms. The number of unbranched alkanes of at least 4 members (excludes halogenated alkanes) is 1. The Balaban J connectivity index is 2.39. The highest BCUT2D eigenvalue weighted by Crippen LogP contribution is 2.28. The lowest BCUT2D eigenvalue weighted by molar-refractivity contribution is 0.109. The Morgan fingerprint density at radius 2 is 2.05 bits per heavy atom. The van der Waals surface area contributed by atoms with Crippen LogP contribution in [0.1, 0.15) is 46.5 Å². The zero-order chi connectivity index (χ0) is 15.0. The van der Waals surface area contributed by atoms with Gasteiger partial charge >= 0.3 is 0 Å². The van der Waals surface area contributed by atoms with Gasteiger partial charge in [-0.15, -0.1) is 0 Å². The summed E-state index contributed by atoms with van der Waals surface area (Å²) >= 11 is 0. The van der Waals surface area contributed by atoms with Gasteiger partial charge in [-0.2, -0.15) is 0 Å². The van der Waals surface area contributed by atoms with Crippen LogP contribution in [0.5, 0.6) is 0 Å². The van der Waals surface area contributed by atoms with Gasteiger partial charge < -0.3 is 10.1 Å². The van der Waals surface area contributed by atoms with Crippen molar-refractivity contribution < 1.29 is 13.2 Å². The molecule has 1 aliphatic heterocycles. The van der Waals surface area contributed by atoms with Crippen LogP contribution in [-0.4, -0.2) is 45.7 Å². The summed E-state index contributed by atoms with van der Waals surface area (Å²) in [6, 6.07) is 0.441. The predicted octanol–water partition coefficient (Wildman–Crippen LogP) is 2.24. The fourth-order valence-corrected chi connectivity index (χ4v) is 4.59. The molecule has 1 N–H and O–H groups in total. The summed E-state index contributed by atoms with van der Waals surface area (Å²) in [4.78, 5) is 0. The van der Waals surface area contributed by atoms with Crippen LogP contribution in [0.15, 0.2) is 0 Å². The zero-order valence-electron chi connectivity index (χ0n) is 13.2. The Bertz CT molecular complexity index is 354. The van der Waals surface area contributed by atoms with Crippen LogP contribution in [0.2, 0.25) is 0 Å². The maximum atomic E-state index is 11.6. The topological polar surface area (TPSA) is 55.4 Å². The van der Waals surface area contributed by atoms with Crippen molar-refractivity contribution in [3.8, 4) is 0 Å². The molecule has 5 heteroatoms. The first kappa shape index (κ1) is 17.9. The lowest BCUT2D eigenvalue weighted by Crippen LogP contribution is -2.33. The van der Waals surface area contributed by atoms with E-state index in [9.17, 15) is 8.42 Å². The Morgan fingerprint density at radius 3 is 2.60 bits per heavy atom. The maximum Gasteiger partial charge on any atom is 0.150 e. The first-order valence-corrected chi connectivity index (χ1v) is 9.78. The molecule has 2 unspecified atom stereocenters. The quantitative estimate of drug-likeness (QED) is 0.629. The lowest BCUT2D eigenvalue weighted by atomic mass is 9.89. The van der Waals surface area contributed by atoms with Gasteiger partial charge in [0.15, 0.2) is 9.84 Å². The van der Waals surface area contributed by atoms with Gasteiger partial charge in [-0.3, -0.25) is 0 Å². The summed E-state index contributed by atoms with van der Waals surface area (Å²) in [5.74, 6) is 1.45. The smallest absolute Gasteiger partial charge is 0.150 e. The van der Waals surface area contributed by atoms with E-state index in [1.165, 1.54) is 0 Å². The van der Waals surface area contributed by atoms with E-state index in [2.05, 4.69) is 26.1 Å². The van der Waals surface area contributed by atoms with Gasteiger partial charge in [-0.1, -0.05) is 27.2 Å². The molecule has 120 valence electrons. The predicted molar refractivity (Wildman–Crippen MR) is 83.7 cm³/mol. The number of hydrogen-bond donors (Lipinski definition) is 1. The van der Waals surface area contributed by atoms with Crippen LogP contribution in [0, 0.1) is 11.8 Å². The highest BCUT2D eigenvalue weighted by molar-refractivity contribution is 7.91. The molecule has 0 spiro atoms. The second-order valence-corrected chi connectivity index (χ2v) is 8.47. The van der Waals surface area contributed by atoms with Gasteiger partial charge in [0.2, 0.25) is 0 Å². The van der Waals surface area contributed by atoms with Gasteiger partial charge in [0.05, 0.1) is 11.5 Å². The Hall–Kier alpha value is -0.130. The van der Waals surface area contributed by atoms with E-state index in [1.807, 2.05) is 0 Å². The first-order chi connectivity index (χ1) is 9.44. The normalized spacial score (nSPS) is 23.3. The minimum atomic E-state index is -2.79. The standard InChI is InChI=1S/C15H31NO3S/c1-4-5-8-19-9-6-14(11-16-13(2)3)15-7-10-20(17,18)12-15/h13-16H,4-12H2,1-3H3. The molecule has 0 aliphatic carbocycles. The van der Waals surface area contributed by atoms with E-state index in [0.717, 1.165) is 45.4 Å². The van der Waals surface area contributed by atoms with Crippen LogP contribution >= 0.6 is 0 Å². The van der Waals surface area contributed by atoms with Gasteiger partial charge in [-0.05, 0) is 37.6 Å². The van der Waals surface area contributed by atoms with Crippen LogP contribution < -0.4 is 5.32 Å². The van der Waals surface area contributed by atoms with Gasteiger partial charge in [0.1, 0.15) is 0 Å². The third-order valence-electron chi connectivity index (χ3n) is 4.00. The fourth-order valence-electron chi connectivity index (χ4n) is 2.67. The Labute approximate surface area is 124 Å². The molecular formula is C15H31NO3S. The van der Waals surface area contributed by atoms with Gasteiger partial charge in [-0.25, -0.2) is 8.42 Å². The Kier molecular flexibility index (Phi) is 8.07. The maximum absolute atomic E-state index is 11.6. The molecule has 4 nitrogen and oxygen atoms in total. The summed E-state index contributed by atoms with van der Waals surface area (Å²) in [6.45, 7) is 8.88. The molecule has 2 atom stereocenters. The van der Waals surface area contributed by atoms with Crippen molar-refractivity contribution in [2.75, 3.05) is 31.3 Å². The van der Waals surface area contributed by atoms with Crippen molar-refractivity contribution in [3.63, 3.8) is 0 Å². The molecule has 0 saturated carbocycles. The lowest BCUT2D eigenvalue weighted by Gasteiger charge is -2.24. The molecule has 1 aliphatic rings. The van der Waals surface area contributed by atoms with E-state index in [-0.39, 0.29) is 0 Å². The number of nitrogens with one attached hydrogen (secondary N) is 1. The minimum absolute atomic E-state index is 0.307. The van der Waals surface area contributed by atoms with Crippen molar-refractivity contribution >= 4 is 9.84 Å². The molecule has 1 fully saturated rings. The molecular weight excluding hydrogens is 274 g/mol. The summed E-state index contributed by atoms with van der Waals surface area (Å²) in [5, 5.41) is 3.45. The van der Waals surface area contributed by atoms with E-state index >= 15 is 0 Å². The molecule has 0 aromatic rings. The molecule has 1 rings (SSSR count). The highest BCUT2D eigenvalue weighted by Gasteiger charge is 2.33. The summed E-state index contributed by atoms with van der Waals surface area (Å²) in [6.07, 6.45) is 4.04. The highest BCUT2D eigenvalue weighted by atomic mass is 32.2. The molecule has 0 radical (unpaired) electrons. The third kappa shape index (κ3) is 7.04. The fraction of sp³-hybridized carbons (Fsp3) is 1.00. The zero-order valence-corrected chi connectivity index (χ0v) is 14.0. The molecule has 0 amide bonds. The number of hydrogen-bond acceptors (Lipinski definition) is 4. The third-order valence-corrected chi connectivity index (χ3v) is 5.79. The minimum Gasteiger partial charge on any atom is -0.381 e. The Morgan fingerprint density at radius 1 is 1.30 bits per heavy atom. The van der Waals surface area contributed by atoms with Crippen LogP contribution in [0.3, 0.4) is 0 Å². The SMILES string of the molecule is CCCCOCCC(CNC(C)C)C1CCS(=O)(=O)C1. The summed E-state index contributed by atoms with van der Waals surface area (Å²) in [5.41, 5.74) is 0. The first-order valence-electron chi connectivity index (χ1n) is 7.96.